The Morgan fingerprint density at radius 2 is 0.688 bits per heavy atom. The van der Waals surface area contributed by atoms with E-state index in [0.717, 1.165) is 11.4 Å². The number of hydrogen-bond acceptors (Lipinski definition) is 0. The van der Waals surface area contributed by atoms with Gasteiger partial charge in [-0.2, -0.15) is 0 Å². The SMILES string of the molecule is c1ccc(-c2ccccc2-n2c3cccc4c3c3c(cccc32)n4-c2ccc3c4ccccc4n(-c4ccc([Si](c5ccccc5)(c5ccccc5)c5ccccc5)cc4)c3c2)cc1. The van der Waals surface area contributed by atoms with Crippen LogP contribution in [-0.2, 0) is 0 Å². The zero-order valence-corrected chi connectivity index (χ0v) is 36.0. The van der Waals surface area contributed by atoms with E-state index in [9.17, 15) is 0 Å². The number of hydrogen-bond donors (Lipinski definition) is 0. The number of benzene rings is 10. The van der Waals surface area contributed by atoms with Crippen LogP contribution in [0.25, 0.3) is 82.8 Å². The number of rotatable bonds is 8. The molecule has 0 N–H and O–H groups in total. The Kier molecular flexibility index (Phi) is 8.23. The van der Waals surface area contributed by atoms with Crippen LogP contribution < -0.4 is 20.7 Å². The molecule has 3 aromatic heterocycles. The van der Waals surface area contributed by atoms with Crippen LogP contribution in [0.2, 0.25) is 0 Å². The summed E-state index contributed by atoms with van der Waals surface area (Å²) in [4.78, 5) is 0. The van der Waals surface area contributed by atoms with Crippen LogP contribution in [0.1, 0.15) is 0 Å². The van der Waals surface area contributed by atoms with E-state index >= 15 is 0 Å². The van der Waals surface area contributed by atoms with Gasteiger partial charge in [-0.15, -0.1) is 0 Å². The molecule has 0 aliphatic heterocycles. The summed E-state index contributed by atoms with van der Waals surface area (Å²) in [5, 5.41) is 10.5. The largest absolute Gasteiger partial charge is 0.309 e. The van der Waals surface area contributed by atoms with E-state index in [1.807, 2.05) is 0 Å². The second kappa shape index (κ2) is 14.5. The predicted molar refractivity (Wildman–Crippen MR) is 272 cm³/mol. The van der Waals surface area contributed by atoms with Gasteiger partial charge in [0.25, 0.3) is 0 Å². The summed E-state index contributed by atoms with van der Waals surface area (Å²) < 4.78 is 7.41. The molecule has 0 aliphatic rings. The molecule has 0 saturated heterocycles. The summed E-state index contributed by atoms with van der Waals surface area (Å²) >= 11 is 0. The van der Waals surface area contributed by atoms with Gasteiger partial charge in [-0.25, -0.2) is 0 Å². The Hall–Kier alpha value is -8.18. The average molecular weight is 832 g/mol. The van der Waals surface area contributed by atoms with Gasteiger partial charge >= 0.3 is 0 Å². The zero-order valence-electron chi connectivity index (χ0n) is 35.0. The minimum Gasteiger partial charge on any atom is -0.309 e. The van der Waals surface area contributed by atoms with Gasteiger partial charge in [-0.05, 0) is 87.0 Å². The fraction of sp³-hybridized carbons (Fsp3) is 0. The van der Waals surface area contributed by atoms with Gasteiger partial charge in [0.05, 0.1) is 38.8 Å². The highest BCUT2D eigenvalue weighted by atomic mass is 28.3. The Balaban J connectivity index is 1.01. The maximum atomic E-state index is 2.47. The lowest BCUT2D eigenvalue weighted by molar-refractivity contribution is 1.15. The predicted octanol–water partition coefficient (Wildman–Crippen LogP) is 12.3. The maximum Gasteiger partial charge on any atom is 0.179 e. The topological polar surface area (TPSA) is 14.8 Å². The molecule has 0 saturated carbocycles. The number of para-hydroxylation sites is 2. The lowest BCUT2D eigenvalue weighted by Gasteiger charge is -2.34. The van der Waals surface area contributed by atoms with E-state index in [-0.39, 0.29) is 0 Å². The zero-order chi connectivity index (χ0) is 42.2. The van der Waals surface area contributed by atoms with Crippen LogP contribution in [0.4, 0.5) is 0 Å². The van der Waals surface area contributed by atoms with E-state index in [2.05, 4.69) is 262 Å². The Bertz CT molecular complexity index is 3650. The first-order valence-corrected chi connectivity index (χ1v) is 24.1. The van der Waals surface area contributed by atoms with Crippen molar-refractivity contribution in [3.63, 3.8) is 0 Å². The standard InChI is InChI=1S/C60H41N3Si/c1-5-19-42(20-6-1)49-27-13-15-29-52(49)63-56-33-17-31-54-59(56)60-55(32-18-34-57(60)63)62(54)44-37-40-51-50-28-14-16-30-53(50)61(58(51)41-44)43-35-38-48(39-36-43)64(45-21-7-2-8-22-45,46-23-9-3-10-24-46)47-25-11-4-12-26-47/h1-41H. The highest BCUT2D eigenvalue weighted by Crippen LogP contribution is 2.44. The van der Waals surface area contributed by atoms with E-state index in [0.29, 0.717) is 0 Å². The monoisotopic (exact) mass is 831 g/mol. The van der Waals surface area contributed by atoms with Crippen LogP contribution >= 0.6 is 0 Å². The van der Waals surface area contributed by atoms with E-state index in [1.165, 1.54) is 92.2 Å². The molecule has 10 aromatic carbocycles. The van der Waals surface area contributed by atoms with Crippen LogP contribution in [0.5, 0.6) is 0 Å². The molecule has 0 amide bonds. The maximum absolute atomic E-state index is 2.68. The smallest absolute Gasteiger partial charge is 0.179 e. The average Bonchev–Trinajstić information content (AvgIpc) is 4.02. The van der Waals surface area contributed by atoms with Gasteiger partial charge < -0.3 is 13.7 Å². The summed E-state index contributed by atoms with van der Waals surface area (Å²) in [5.41, 5.74) is 13.1. The van der Waals surface area contributed by atoms with Crippen molar-refractivity contribution in [2.45, 2.75) is 0 Å². The van der Waals surface area contributed by atoms with Crippen molar-refractivity contribution in [2.75, 3.05) is 0 Å². The highest BCUT2D eigenvalue weighted by Gasteiger charge is 2.41. The molecular formula is C60H41N3Si. The van der Waals surface area contributed by atoms with Crippen molar-refractivity contribution in [3.8, 4) is 28.2 Å². The van der Waals surface area contributed by atoms with Crippen molar-refractivity contribution in [1.29, 1.82) is 0 Å². The molecule has 0 spiro atoms. The summed E-state index contributed by atoms with van der Waals surface area (Å²) in [6, 6.07) is 92.0. The lowest BCUT2D eigenvalue weighted by atomic mass is 10.0. The first-order chi connectivity index (χ1) is 31.8. The summed E-state index contributed by atoms with van der Waals surface area (Å²) in [5.74, 6) is 0. The molecule has 3 heterocycles. The van der Waals surface area contributed by atoms with Crippen molar-refractivity contribution >= 4 is 83.5 Å². The second-order valence-electron chi connectivity index (χ2n) is 16.8. The molecule has 64 heavy (non-hydrogen) atoms. The number of nitrogens with zero attached hydrogens (tertiary/aromatic N) is 3. The van der Waals surface area contributed by atoms with Gasteiger partial charge in [0, 0.05) is 38.5 Å². The van der Waals surface area contributed by atoms with Gasteiger partial charge in [0.1, 0.15) is 0 Å². The van der Waals surface area contributed by atoms with Gasteiger partial charge in [0.2, 0.25) is 0 Å². The van der Waals surface area contributed by atoms with Gasteiger partial charge in [-0.3, -0.25) is 0 Å². The fourth-order valence-electron chi connectivity index (χ4n) is 10.9. The van der Waals surface area contributed by atoms with Crippen LogP contribution in [-0.4, -0.2) is 21.8 Å². The molecule has 3 nitrogen and oxygen atoms in total. The van der Waals surface area contributed by atoms with E-state index < -0.39 is 8.07 Å². The number of aromatic nitrogens is 3. The van der Waals surface area contributed by atoms with E-state index in [4.69, 9.17) is 0 Å². The highest BCUT2D eigenvalue weighted by molar-refractivity contribution is 7.19. The van der Waals surface area contributed by atoms with Crippen LogP contribution in [0, 0.1) is 0 Å². The third kappa shape index (κ3) is 5.27. The molecule has 0 aliphatic carbocycles. The minimum atomic E-state index is -2.68. The normalized spacial score (nSPS) is 12.1. The second-order valence-corrected chi connectivity index (χ2v) is 20.7. The molecular weight excluding hydrogens is 791 g/mol. The lowest BCUT2D eigenvalue weighted by Crippen LogP contribution is -2.74. The molecule has 13 aromatic rings. The van der Waals surface area contributed by atoms with Crippen molar-refractivity contribution in [2.24, 2.45) is 0 Å². The van der Waals surface area contributed by atoms with E-state index in [1.54, 1.807) is 0 Å². The quantitative estimate of drug-likeness (QED) is 0.107. The molecule has 300 valence electrons. The summed E-state index contributed by atoms with van der Waals surface area (Å²) in [6.07, 6.45) is 0. The Morgan fingerprint density at radius 1 is 0.266 bits per heavy atom. The third-order valence-electron chi connectivity index (χ3n) is 13.6. The third-order valence-corrected chi connectivity index (χ3v) is 18.4. The first kappa shape index (κ1) is 36.5. The van der Waals surface area contributed by atoms with Gasteiger partial charge in [-0.1, -0.05) is 188 Å². The van der Waals surface area contributed by atoms with Crippen molar-refractivity contribution < 1.29 is 0 Å². The first-order valence-electron chi connectivity index (χ1n) is 22.1. The summed E-state index contributed by atoms with van der Waals surface area (Å²) in [6.45, 7) is 0. The molecule has 0 unspecified atom stereocenters. The minimum absolute atomic E-state index is 1.14. The molecule has 4 heteroatoms. The number of fused-ring (bicyclic) bond motifs is 3. The Labute approximate surface area is 372 Å². The molecule has 0 radical (unpaired) electrons. The molecule has 0 atom stereocenters. The van der Waals surface area contributed by atoms with Crippen LogP contribution in [0.3, 0.4) is 0 Å². The van der Waals surface area contributed by atoms with Gasteiger partial charge in [0.15, 0.2) is 8.07 Å². The van der Waals surface area contributed by atoms with Crippen molar-refractivity contribution in [3.05, 3.63) is 249 Å². The molecule has 0 bridgehead atoms. The summed E-state index contributed by atoms with van der Waals surface area (Å²) in [7, 11) is -2.68. The molecule has 0 fully saturated rings. The Morgan fingerprint density at radius 3 is 1.28 bits per heavy atom. The van der Waals surface area contributed by atoms with Crippen molar-refractivity contribution in [1.82, 2.24) is 13.7 Å². The van der Waals surface area contributed by atoms with Crippen LogP contribution in [0.15, 0.2) is 249 Å². The molecule has 13 rings (SSSR count). The fourth-order valence-corrected chi connectivity index (χ4v) is 15.7.